The van der Waals surface area contributed by atoms with Crippen LogP contribution in [0.2, 0.25) is 0 Å². The maximum absolute atomic E-state index is 12.4. The minimum Gasteiger partial charge on any atom is -0.463 e. The maximum Gasteiger partial charge on any atom is 0.309 e. The van der Waals surface area contributed by atoms with E-state index in [4.69, 9.17) is 4.42 Å². The SMILES string of the molecule is O=C(NCCc1ccccc1)C(=O)NC[C@@H](c1ccco1)[NH+]1CCc2ccccc2C1. The number of quaternary nitrogens is 1. The lowest BCUT2D eigenvalue weighted by molar-refractivity contribution is -0.946. The van der Waals surface area contributed by atoms with Gasteiger partial charge in [0.15, 0.2) is 11.8 Å². The van der Waals surface area contributed by atoms with E-state index in [2.05, 4.69) is 34.9 Å². The number of fused-ring (bicyclic) bond motifs is 1. The predicted octanol–water partition coefficient (Wildman–Crippen LogP) is 1.44. The average molecular weight is 419 g/mol. The van der Waals surface area contributed by atoms with Gasteiger partial charge in [-0.25, -0.2) is 0 Å². The third-order valence-electron chi connectivity index (χ3n) is 5.85. The molecule has 0 bridgehead atoms. The van der Waals surface area contributed by atoms with Gasteiger partial charge in [-0.3, -0.25) is 9.59 Å². The first-order valence-corrected chi connectivity index (χ1v) is 10.8. The number of hydrogen-bond acceptors (Lipinski definition) is 3. The quantitative estimate of drug-likeness (QED) is 0.508. The molecule has 6 nitrogen and oxygen atoms in total. The van der Waals surface area contributed by atoms with Gasteiger partial charge in [-0.15, -0.1) is 0 Å². The first kappa shape index (κ1) is 20.9. The van der Waals surface area contributed by atoms with Crippen molar-refractivity contribution >= 4 is 11.8 Å². The molecule has 0 radical (unpaired) electrons. The van der Waals surface area contributed by atoms with Crippen LogP contribution in [0.15, 0.2) is 77.4 Å². The molecule has 31 heavy (non-hydrogen) atoms. The van der Waals surface area contributed by atoms with E-state index in [0.29, 0.717) is 19.5 Å². The van der Waals surface area contributed by atoms with Crippen LogP contribution in [0.4, 0.5) is 0 Å². The molecule has 1 unspecified atom stereocenters. The van der Waals surface area contributed by atoms with Crippen LogP contribution in [0.3, 0.4) is 0 Å². The van der Waals surface area contributed by atoms with E-state index in [0.717, 1.165) is 30.8 Å². The van der Waals surface area contributed by atoms with Gasteiger partial charge in [0.2, 0.25) is 0 Å². The molecular weight excluding hydrogens is 390 g/mol. The van der Waals surface area contributed by atoms with E-state index in [-0.39, 0.29) is 6.04 Å². The number of carbonyl (C=O) groups is 2. The summed E-state index contributed by atoms with van der Waals surface area (Å²) in [7, 11) is 0. The van der Waals surface area contributed by atoms with Gasteiger partial charge in [0.1, 0.15) is 6.54 Å². The van der Waals surface area contributed by atoms with Crippen LogP contribution in [-0.4, -0.2) is 31.4 Å². The minimum atomic E-state index is -0.610. The van der Waals surface area contributed by atoms with Crippen molar-refractivity contribution in [3.8, 4) is 0 Å². The maximum atomic E-state index is 12.4. The Bertz CT molecular complexity index is 1000. The van der Waals surface area contributed by atoms with Gasteiger partial charge in [-0.05, 0) is 29.7 Å². The van der Waals surface area contributed by atoms with Crippen LogP contribution in [-0.2, 0) is 29.0 Å². The zero-order valence-corrected chi connectivity index (χ0v) is 17.5. The van der Waals surface area contributed by atoms with Crippen LogP contribution in [0, 0.1) is 0 Å². The summed E-state index contributed by atoms with van der Waals surface area (Å²) in [5.74, 6) is -0.395. The Morgan fingerprint density at radius 1 is 0.903 bits per heavy atom. The van der Waals surface area contributed by atoms with Gasteiger partial charge in [0, 0.05) is 18.5 Å². The molecule has 0 saturated carbocycles. The minimum absolute atomic E-state index is 0.0515. The topological polar surface area (TPSA) is 75.8 Å². The number of furan rings is 1. The molecule has 2 aromatic carbocycles. The van der Waals surface area contributed by atoms with E-state index >= 15 is 0 Å². The number of amides is 2. The highest BCUT2D eigenvalue weighted by Gasteiger charge is 2.31. The molecule has 0 aliphatic carbocycles. The van der Waals surface area contributed by atoms with E-state index in [1.54, 1.807) is 6.26 Å². The monoisotopic (exact) mass is 418 g/mol. The fourth-order valence-corrected chi connectivity index (χ4v) is 4.16. The fourth-order valence-electron chi connectivity index (χ4n) is 4.16. The van der Waals surface area contributed by atoms with Gasteiger partial charge in [-0.1, -0.05) is 54.6 Å². The summed E-state index contributed by atoms with van der Waals surface area (Å²) < 4.78 is 5.67. The van der Waals surface area contributed by atoms with Gasteiger partial charge < -0.3 is 20.0 Å². The fraction of sp³-hybridized carbons (Fsp3) is 0.280. The highest BCUT2D eigenvalue weighted by molar-refractivity contribution is 6.35. The lowest BCUT2D eigenvalue weighted by Gasteiger charge is -2.31. The highest BCUT2D eigenvalue weighted by Crippen LogP contribution is 2.15. The van der Waals surface area contributed by atoms with Crippen LogP contribution in [0.5, 0.6) is 0 Å². The molecule has 1 aromatic heterocycles. The van der Waals surface area contributed by atoms with Crippen LogP contribution < -0.4 is 15.5 Å². The molecule has 160 valence electrons. The summed E-state index contributed by atoms with van der Waals surface area (Å²) in [6.45, 7) is 2.57. The first-order valence-electron chi connectivity index (χ1n) is 10.8. The Hall–Kier alpha value is -3.38. The van der Waals surface area contributed by atoms with Crippen LogP contribution >= 0.6 is 0 Å². The number of hydrogen-bond donors (Lipinski definition) is 3. The molecular formula is C25H28N3O3+. The normalized spacial score (nSPS) is 16.2. The molecule has 1 aliphatic rings. The highest BCUT2D eigenvalue weighted by atomic mass is 16.3. The Morgan fingerprint density at radius 3 is 2.42 bits per heavy atom. The summed E-state index contributed by atoms with van der Waals surface area (Å²) in [6, 6.07) is 22.1. The summed E-state index contributed by atoms with van der Waals surface area (Å²) in [6.07, 6.45) is 3.32. The van der Waals surface area contributed by atoms with Gasteiger partial charge in [0.25, 0.3) is 0 Å². The number of rotatable bonds is 7. The van der Waals surface area contributed by atoms with Gasteiger partial charge >= 0.3 is 11.8 Å². The first-order chi connectivity index (χ1) is 15.2. The van der Waals surface area contributed by atoms with Crippen molar-refractivity contribution < 1.29 is 18.9 Å². The summed E-state index contributed by atoms with van der Waals surface area (Å²) in [5, 5.41) is 5.51. The molecule has 3 aromatic rings. The molecule has 2 atom stereocenters. The second-order valence-electron chi connectivity index (χ2n) is 7.87. The molecule has 6 heteroatoms. The Balaban J connectivity index is 1.32. The molecule has 0 spiro atoms. The number of benzene rings is 2. The van der Waals surface area contributed by atoms with Crippen molar-refractivity contribution in [3.63, 3.8) is 0 Å². The average Bonchev–Trinajstić information content (AvgIpc) is 3.34. The lowest BCUT2D eigenvalue weighted by Crippen LogP contribution is -3.12. The molecule has 1 aliphatic heterocycles. The third kappa shape index (κ3) is 5.41. The van der Waals surface area contributed by atoms with Crippen molar-refractivity contribution in [2.75, 3.05) is 19.6 Å². The van der Waals surface area contributed by atoms with Crippen molar-refractivity contribution in [3.05, 3.63) is 95.4 Å². The second kappa shape index (κ2) is 10.1. The molecule has 0 fully saturated rings. The smallest absolute Gasteiger partial charge is 0.309 e. The number of nitrogens with one attached hydrogen (secondary N) is 3. The second-order valence-corrected chi connectivity index (χ2v) is 7.87. The summed E-state index contributed by atoms with van der Waals surface area (Å²) >= 11 is 0. The van der Waals surface area contributed by atoms with Crippen LogP contribution in [0.25, 0.3) is 0 Å². The Labute approximate surface area is 182 Å². The van der Waals surface area contributed by atoms with E-state index < -0.39 is 11.8 Å². The standard InChI is InChI=1S/C25H27N3O3/c29-24(26-14-12-19-7-2-1-3-8-19)25(30)27-17-22(23-11-6-16-31-23)28-15-13-20-9-4-5-10-21(20)18-28/h1-11,16,22H,12-15,17-18H2,(H,26,29)(H,27,30)/p+1/t22-/m0/s1. The summed E-state index contributed by atoms with van der Waals surface area (Å²) in [5.41, 5.74) is 3.83. The summed E-state index contributed by atoms with van der Waals surface area (Å²) in [4.78, 5) is 25.9. The van der Waals surface area contributed by atoms with Crippen molar-refractivity contribution in [1.82, 2.24) is 10.6 Å². The molecule has 4 rings (SSSR count). The lowest BCUT2D eigenvalue weighted by atomic mass is 9.98. The van der Waals surface area contributed by atoms with Crippen LogP contribution in [0.1, 0.15) is 28.5 Å². The third-order valence-corrected chi connectivity index (χ3v) is 5.85. The van der Waals surface area contributed by atoms with Crippen molar-refractivity contribution in [2.45, 2.75) is 25.4 Å². The Kier molecular flexibility index (Phi) is 6.79. The largest absolute Gasteiger partial charge is 0.463 e. The zero-order chi connectivity index (χ0) is 21.5. The van der Waals surface area contributed by atoms with Crippen molar-refractivity contribution in [1.29, 1.82) is 0 Å². The van der Waals surface area contributed by atoms with Crippen molar-refractivity contribution in [2.24, 2.45) is 0 Å². The van der Waals surface area contributed by atoms with Gasteiger partial charge in [0.05, 0.1) is 19.4 Å². The Morgan fingerprint density at radius 2 is 1.65 bits per heavy atom. The van der Waals surface area contributed by atoms with E-state index in [1.807, 2.05) is 42.5 Å². The zero-order valence-electron chi connectivity index (χ0n) is 17.5. The van der Waals surface area contributed by atoms with E-state index in [9.17, 15) is 9.59 Å². The van der Waals surface area contributed by atoms with Gasteiger partial charge in [-0.2, -0.15) is 0 Å². The molecule has 0 saturated heterocycles. The molecule has 2 amide bonds. The number of carbonyl (C=O) groups excluding carboxylic acids is 2. The predicted molar refractivity (Wildman–Crippen MR) is 117 cm³/mol. The molecule has 2 heterocycles. The van der Waals surface area contributed by atoms with E-state index in [1.165, 1.54) is 16.0 Å². The molecule has 3 N–H and O–H groups in total.